The Morgan fingerprint density at radius 2 is 2.27 bits per heavy atom. The maximum atomic E-state index is 12.9. The summed E-state index contributed by atoms with van der Waals surface area (Å²) < 4.78 is 12.9. The molecule has 0 atom stereocenters. The highest BCUT2D eigenvalue weighted by Gasteiger charge is 2.11. The molecule has 0 fully saturated rings. The molecule has 0 radical (unpaired) electrons. The van der Waals surface area contributed by atoms with Crippen LogP contribution in [0, 0.1) is 17.3 Å². The molecule has 3 nitrogen and oxygen atoms in total. The van der Waals surface area contributed by atoms with E-state index in [1.54, 1.807) is 12.1 Å². The lowest BCUT2D eigenvalue weighted by Gasteiger charge is -2.26. The molecular weight excluding hydrogens is 193 g/mol. The highest BCUT2D eigenvalue weighted by Crippen LogP contribution is 2.14. The first-order valence-electron chi connectivity index (χ1n) is 4.91. The zero-order chi connectivity index (χ0) is 11.3. The molecule has 1 aromatic heterocycles. The summed E-state index contributed by atoms with van der Waals surface area (Å²) in [5.41, 5.74) is 0. The van der Waals surface area contributed by atoms with Crippen molar-refractivity contribution in [2.75, 3.05) is 11.4 Å². The van der Waals surface area contributed by atoms with Crippen LogP contribution < -0.4 is 4.90 Å². The normalized spacial score (nSPS) is 10.1. The zero-order valence-electron chi connectivity index (χ0n) is 8.94. The van der Waals surface area contributed by atoms with E-state index < -0.39 is 5.95 Å². The molecule has 1 rings (SSSR count). The lowest BCUT2D eigenvalue weighted by Crippen LogP contribution is -2.32. The van der Waals surface area contributed by atoms with E-state index in [9.17, 15) is 4.39 Å². The summed E-state index contributed by atoms with van der Waals surface area (Å²) in [6.45, 7) is 4.55. The van der Waals surface area contributed by atoms with Crippen molar-refractivity contribution < 1.29 is 4.39 Å². The molecular formula is C11H14FN3. The minimum absolute atomic E-state index is 0.202. The molecule has 1 heterocycles. The van der Waals surface area contributed by atoms with Crippen LogP contribution in [0.1, 0.15) is 20.3 Å². The molecule has 80 valence electrons. The zero-order valence-corrected chi connectivity index (χ0v) is 8.94. The van der Waals surface area contributed by atoms with Gasteiger partial charge in [-0.3, -0.25) is 0 Å². The van der Waals surface area contributed by atoms with Gasteiger partial charge in [0.2, 0.25) is 5.95 Å². The quantitative estimate of drug-likeness (QED) is 0.711. The molecule has 0 aliphatic rings. The first-order valence-corrected chi connectivity index (χ1v) is 4.91. The van der Waals surface area contributed by atoms with Crippen molar-refractivity contribution in [3.63, 3.8) is 0 Å². The fourth-order valence-corrected chi connectivity index (χ4v) is 1.37. The largest absolute Gasteiger partial charge is 0.353 e. The predicted octanol–water partition coefficient (Wildman–Crippen LogP) is 2.35. The van der Waals surface area contributed by atoms with Crippen molar-refractivity contribution in [3.05, 3.63) is 24.1 Å². The summed E-state index contributed by atoms with van der Waals surface area (Å²) in [4.78, 5) is 5.71. The van der Waals surface area contributed by atoms with Crippen LogP contribution in [-0.2, 0) is 0 Å². The average molecular weight is 207 g/mol. The third-order valence-electron chi connectivity index (χ3n) is 2.08. The van der Waals surface area contributed by atoms with Crippen LogP contribution in [0.15, 0.2) is 18.2 Å². The van der Waals surface area contributed by atoms with Crippen molar-refractivity contribution in [2.45, 2.75) is 26.3 Å². The Balaban J connectivity index is 2.84. The second-order valence-corrected chi connectivity index (χ2v) is 3.51. The van der Waals surface area contributed by atoms with Crippen molar-refractivity contribution in [1.82, 2.24) is 4.98 Å². The maximum Gasteiger partial charge on any atom is 0.214 e. The van der Waals surface area contributed by atoms with Gasteiger partial charge >= 0.3 is 0 Å². The number of nitriles is 1. The first kappa shape index (κ1) is 11.4. The van der Waals surface area contributed by atoms with Gasteiger partial charge in [-0.15, -0.1) is 0 Å². The molecule has 0 aliphatic carbocycles. The number of aromatic nitrogens is 1. The maximum absolute atomic E-state index is 12.9. The van der Waals surface area contributed by atoms with Crippen LogP contribution in [0.25, 0.3) is 0 Å². The molecule has 0 aliphatic heterocycles. The lowest BCUT2D eigenvalue weighted by molar-refractivity contribution is 0.575. The Kier molecular flexibility index (Phi) is 4.04. The molecule has 4 heteroatoms. The topological polar surface area (TPSA) is 39.9 Å². The highest BCUT2D eigenvalue weighted by atomic mass is 19.1. The second kappa shape index (κ2) is 5.30. The van der Waals surface area contributed by atoms with Gasteiger partial charge in [0, 0.05) is 12.6 Å². The highest BCUT2D eigenvalue weighted by molar-refractivity contribution is 5.39. The number of pyridine rings is 1. The van der Waals surface area contributed by atoms with Crippen LogP contribution >= 0.6 is 0 Å². The van der Waals surface area contributed by atoms with Crippen LogP contribution in [0.3, 0.4) is 0 Å². The molecule has 0 amide bonds. The van der Waals surface area contributed by atoms with Gasteiger partial charge in [-0.2, -0.15) is 9.65 Å². The minimum Gasteiger partial charge on any atom is -0.353 e. The number of rotatable bonds is 4. The van der Waals surface area contributed by atoms with Crippen molar-refractivity contribution >= 4 is 5.82 Å². The van der Waals surface area contributed by atoms with E-state index in [4.69, 9.17) is 5.26 Å². The van der Waals surface area contributed by atoms with Crippen molar-refractivity contribution in [3.8, 4) is 6.07 Å². The van der Waals surface area contributed by atoms with E-state index in [2.05, 4.69) is 11.1 Å². The Bertz CT molecular complexity index is 357. The van der Waals surface area contributed by atoms with Crippen molar-refractivity contribution in [1.29, 1.82) is 5.26 Å². The molecule has 0 saturated heterocycles. The third-order valence-corrected chi connectivity index (χ3v) is 2.08. The van der Waals surface area contributed by atoms with Crippen LogP contribution in [-0.4, -0.2) is 17.6 Å². The lowest BCUT2D eigenvalue weighted by atomic mass is 10.3. The van der Waals surface area contributed by atoms with Gasteiger partial charge in [0.25, 0.3) is 0 Å². The molecule has 0 aromatic carbocycles. The summed E-state index contributed by atoms with van der Waals surface area (Å²) in [6, 6.07) is 6.96. The summed E-state index contributed by atoms with van der Waals surface area (Å²) in [5.74, 6) is 0.0929. The van der Waals surface area contributed by atoms with E-state index in [1.807, 2.05) is 18.7 Å². The second-order valence-electron chi connectivity index (χ2n) is 3.51. The van der Waals surface area contributed by atoms with Gasteiger partial charge in [0.15, 0.2) is 0 Å². The molecule has 15 heavy (non-hydrogen) atoms. The number of anilines is 1. The van der Waals surface area contributed by atoms with E-state index in [0.717, 1.165) is 0 Å². The first-order chi connectivity index (χ1) is 7.15. The third kappa shape index (κ3) is 3.21. The van der Waals surface area contributed by atoms with Crippen LogP contribution in [0.5, 0.6) is 0 Å². The van der Waals surface area contributed by atoms with Gasteiger partial charge in [-0.1, -0.05) is 6.07 Å². The van der Waals surface area contributed by atoms with Crippen molar-refractivity contribution in [2.24, 2.45) is 0 Å². The molecule has 0 bridgehead atoms. The smallest absolute Gasteiger partial charge is 0.214 e. The van der Waals surface area contributed by atoms with Gasteiger partial charge in [0.1, 0.15) is 5.82 Å². The summed E-state index contributed by atoms with van der Waals surface area (Å²) >= 11 is 0. The summed E-state index contributed by atoms with van der Waals surface area (Å²) in [5, 5.41) is 8.53. The monoisotopic (exact) mass is 207 g/mol. The van der Waals surface area contributed by atoms with E-state index in [-0.39, 0.29) is 6.04 Å². The molecule has 0 unspecified atom stereocenters. The average Bonchev–Trinajstić information content (AvgIpc) is 2.18. The summed E-state index contributed by atoms with van der Waals surface area (Å²) in [6.07, 6.45) is 0.413. The van der Waals surface area contributed by atoms with E-state index in [1.165, 1.54) is 6.07 Å². The minimum atomic E-state index is -0.491. The van der Waals surface area contributed by atoms with Gasteiger partial charge in [-0.25, -0.2) is 4.98 Å². The summed E-state index contributed by atoms with van der Waals surface area (Å²) in [7, 11) is 0. The Labute approximate surface area is 89.2 Å². The van der Waals surface area contributed by atoms with Gasteiger partial charge in [0.05, 0.1) is 12.5 Å². The number of nitrogens with zero attached hydrogens (tertiary/aromatic N) is 3. The van der Waals surface area contributed by atoms with E-state index >= 15 is 0 Å². The SMILES string of the molecule is CC(C)N(CCC#N)c1cccc(F)n1. The van der Waals surface area contributed by atoms with E-state index in [0.29, 0.717) is 18.8 Å². The molecule has 0 saturated carbocycles. The van der Waals surface area contributed by atoms with Gasteiger partial charge in [-0.05, 0) is 26.0 Å². The number of hydrogen-bond acceptors (Lipinski definition) is 3. The number of hydrogen-bond donors (Lipinski definition) is 0. The standard InChI is InChI=1S/C11H14FN3/c1-9(2)15(8-4-7-13)11-6-3-5-10(12)14-11/h3,5-6,9H,4,8H2,1-2H3. The molecule has 0 N–H and O–H groups in total. The van der Waals surface area contributed by atoms with Crippen LogP contribution in [0.4, 0.5) is 10.2 Å². The fraction of sp³-hybridized carbons (Fsp3) is 0.455. The molecule has 1 aromatic rings. The number of halogens is 1. The van der Waals surface area contributed by atoms with Crippen LogP contribution in [0.2, 0.25) is 0 Å². The van der Waals surface area contributed by atoms with Gasteiger partial charge < -0.3 is 4.90 Å². The Morgan fingerprint density at radius 1 is 1.53 bits per heavy atom. The fourth-order valence-electron chi connectivity index (χ4n) is 1.37. The Morgan fingerprint density at radius 3 is 2.80 bits per heavy atom. The molecule has 0 spiro atoms. The Hall–Kier alpha value is -1.63. The predicted molar refractivity (Wildman–Crippen MR) is 56.9 cm³/mol.